The van der Waals surface area contributed by atoms with E-state index in [0.717, 1.165) is 30.8 Å². The minimum Gasteiger partial charge on any atom is -0.371 e. The van der Waals surface area contributed by atoms with Crippen molar-refractivity contribution in [1.82, 2.24) is 0 Å². The van der Waals surface area contributed by atoms with E-state index >= 15 is 0 Å². The van der Waals surface area contributed by atoms with Crippen molar-refractivity contribution in [2.75, 3.05) is 24.5 Å². The molecule has 19 heavy (non-hydrogen) atoms. The van der Waals surface area contributed by atoms with E-state index in [4.69, 9.17) is 5.73 Å². The number of anilines is 1. The van der Waals surface area contributed by atoms with E-state index in [0.29, 0.717) is 18.4 Å². The molecule has 2 atom stereocenters. The Balaban J connectivity index is 2.26. The molecule has 0 saturated carbocycles. The third-order valence-electron chi connectivity index (χ3n) is 4.16. The number of benzene rings is 1. The summed E-state index contributed by atoms with van der Waals surface area (Å²) in [6.45, 7) is 6.73. The summed E-state index contributed by atoms with van der Waals surface area (Å²) in [6, 6.07) is 5.06. The fourth-order valence-electron chi connectivity index (χ4n) is 2.73. The van der Waals surface area contributed by atoms with Crippen LogP contribution in [0.3, 0.4) is 0 Å². The highest BCUT2D eigenvalue weighted by molar-refractivity contribution is 5.59. The van der Waals surface area contributed by atoms with Gasteiger partial charge in [-0.15, -0.1) is 0 Å². The number of nitro benzene ring substituents is 1. The minimum absolute atomic E-state index is 0.156. The van der Waals surface area contributed by atoms with Crippen LogP contribution < -0.4 is 10.6 Å². The molecule has 1 saturated heterocycles. The average Bonchev–Trinajstić information content (AvgIpc) is 2.40. The Hall–Kier alpha value is -1.62. The minimum atomic E-state index is -0.337. The number of hydrogen-bond acceptors (Lipinski definition) is 4. The lowest BCUT2D eigenvalue weighted by atomic mass is 9.86. The third kappa shape index (κ3) is 2.87. The number of non-ortho nitro benzene ring substituents is 1. The molecule has 5 heteroatoms. The van der Waals surface area contributed by atoms with Gasteiger partial charge in [-0.1, -0.05) is 13.0 Å². The van der Waals surface area contributed by atoms with E-state index in [1.807, 2.05) is 13.0 Å². The van der Waals surface area contributed by atoms with Crippen LogP contribution in [0, 0.1) is 28.9 Å². The van der Waals surface area contributed by atoms with Crippen molar-refractivity contribution in [2.24, 2.45) is 17.6 Å². The van der Waals surface area contributed by atoms with E-state index in [-0.39, 0.29) is 10.6 Å². The van der Waals surface area contributed by atoms with Crippen molar-refractivity contribution >= 4 is 11.4 Å². The zero-order chi connectivity index (χ0) is 14.0. The number of nitrogens with two attached hydrogens (primary N) is 1. The number of hydrogen-bond donors (Lipinski definition) is 1. The van der Waals surface area contributed by atoms with E-state index in [2.05, 4.69) is 11.8 Å². The van der Waals surface area contributed by atoms with Gasteiger partial charge < -0.3 is 10.6 Å². The largest absolute Gasteiger partial charge is 0.371 e. The summed E-state index contributed by atoms with van der Waals surface area (Å²) >= 11 is 0. The molecule has 0 aromatic heterocycles. The standard InChI is InChI=1S/C14H21N3O2/c1-10-5-6-16(9-12(10)8-15)14-7-13(17(18)19)4-3-11(14)2/h3-4,7,10,12H,5-6,8-9,15H2,1-2H3. The van der Waals surface area contributed by atoms with E-state index in [1.165, 1.54) is 0 Å². The molecule has 104 valence electrons. The highest BCUT2D eigenvalue weighted by Crippen LogP contribution is 2.31. The second-order valence-electron chi connectivity index (χ2n) is 5.44. The van der Waals surface area contributed by atoms with Crippen molar-refractivity contribution in [3.05, 3.63) is 33.9 Å². The molecule has 1 aliphatic heterocycles. The lowest BCUT2D eigenvalue weighted by molar-refractivity contribution is -0.384. The van der Waals surface area contributed by atoms with E-state index < -0.39 is 0 Å². The van der Waals surface area contributed by atoms with Crippen LogP contribution in [-0.4, -0.2) is 24.6 Å². The molecule has 2 rings (SSSR count). The van der Waals surface area contributed by atoms with Crippen molar-refractivity contribution in [1.29, 1.82) is 0 Å². The average molecular weight is 263 g/mol. The molecule has 1 aliphatic rings. The van der Waals surface area contributed by atoms with Gasteiger partial charge in [0.1, 0.15) is 0 Å². The maximum absolute atomic E-state index is 10.9. The molecule has 2 unspecified atom stereocenters. The molecule has 0 bridgehead atoms. The Bertz CT molecular complexity index is 476. The quantitative estimate of drug-likeness (QED) is 0.671. The third-order valence-corrected chi connectivity index (χ3v) is 4.16. The van der Waals surface area contributed by atoms with Gasteiger partial charge in [-0.2, -0.15) is 0 Å². The van der Waals surface area contributed by atoms with Gasteiger partial charge in [0.15, 0.2) is 0 Å². The predicted molar refractivity (Wildman–Crippen MR) is 76.4 cm³/mol. The molecular formula is C14H21N3O2. The van der Waals surface area contributed by atoms with Crippen LogP contribution in [0.25, 0.3) is 0 Å². The summed E-state index contributed by atoms with van der Waals surface area (Å²) in [6.07, 6.45) is 1.09. The number of aryl methyl sites for hydroxylation is 1. The van der Waals surface area contributed by atoms with Gasteiger partial charge in [-0.25, -0.2) is 0 Å². The number of piperidine rings is 1. The van der Waals surface area contributed by atoms with Crippen LogP contribution in [-0.2, 0) is 0 Å². The van der Waals surface area contributed by atoms with Crippen LogP contribution in [0.4, 0.5) is 11.4 Å². The molecule has 1 aromatic carbocycles. The summed E-state index contributed by atoms with van der Waals surface area (Å²) in [5, 5.41) is 10.9. The second-order valence-corrected chi connectivity index (χ2v) is 5.44. The molecular weight excluding hydrogens is 242 g/mol. The maximum atomic E-state index is 10.9. The van der Waals surface area contributed by atoms with Crippen LogP contribution in [0.5, 0.6) is 0 Å². The number of nitrogens with zero attached hydrogens (tertiary/aromatic N) is 2. The zero-order valence-electron chi connectivity index (χ0n) is 11.5. The van der Waals surface area contributed by atoms with E-state index in [1.54, 1.807) is 12.1 Å². The topological polar surface area (TPSA) is 72.4 Å². The molecule has 2 N–H and O–H groups in total. The first-order valence-corrected chi connectivity index (χ1v) is 6.73. The lowest BCUT2D eigenvalue weighted by Gasteiger charge is -2.38. The molecule has 1 aromatic rings. The first kappa shape index (κ1) is 13.8. The van der Waals surface area contributed by atoms with Crippen LogP contribution in [0.15, 0.2) is 18.2 Å². The van der Waals surface area contributed by atoms with Gasteiger partial charge in [0.05, 0.1) is 4.92 Å². The highest BCUT2D eigenvalue weighted by Gasteiger charge is 2.26. The van der Waals surface area contributed by atoms with Gasteiger partial charge in [-0.05, 0) is 37.3 Å². The van der Waals surface area contributed by atoms with Crippen molar-refractivity contribution < 1.29 is 4.92 Å². The first-order valence-electron chi connectivity index (χ1n) is 6.73. The van der Waals surface area contributed by atoms with E-state index in [9.17, 15) is 10.1 Å². The molecule has 0 amide bonds. The normalized spacial score (nSPS) is 23.4. The van der Waals surface area contributed by atoms with Gasteiger partial charge in [0.2, 0.25) is 0 Å². The Morgan fingerprint density at radius 3 is 2.89 bits per heavy atom. The summed E-state index contributed by atoms with van der Waals surface area (Å²) in [5.74, 6) is 1.09. The summed E-state index contributed by atoms with van der Waals surface area (Å²) < 4.78 is 0. The fraction of sp³-hybridized carbons (Fsp3) is 0.571. The monoisotopic (exact) mass is 263 g/mol. The Morgan fingerprint density at radius 1 is 1.53 bits per heavy atom. The highest BCUT2D eigenvalue weighted by atomic mass is 16.6. The van der Waals surface area contributed by atoms with Crippen LogP contribution >= 0.6 is 0 Å². The molecule has 1 heterocycles. The van der Waals surface area contributed by atoms with Crippen LogP contribution in [0.1, 0.15) is 18.9 Å². The predicted octanol–water partition coefficient (Wildman–Crippen LogP) is 2.32. The van der Waals surface area contributed by atoms with Crippen molar-refractivity contribution in [3.8, 4) is 0 Å². The molecule has 0 aliphatic carbocycles. The summed E-state index contributed by atoms with van der Waals surface area (Å²) in [5.41, 5.74) is 8.02. The Labute approximate surface area is 113 Å². The molecule has 1 fully saturated rings. The van der Waals surface area contributed by atoms with Crippen molar-refractivity contribution in [2.45, 2.75) is 20.3 Å². The Kier molecular flexibility index (Phi) is 4.04. The first-order chi connectivity index (χ1) is 9.02. The number of nitro groups is 1. The second kappa shape index (κ2) is 5.57. The van der Waals surface area contributed by atoms with Gasteiger partial charge in [-0.3, -0.25) is 10.1 Å². The van der Waals surface area contributed by atoms with Gasteiger partial charge in [0, 0.05) is 30.9 Å². The summed E-state index contributed by atoms with van der Waals surface area (Å²) in [7, 11) is 0. The number of rotatable bonds is 3. The maximum Gasteiger partial charge on any atom is 0.271 e. The van der Waals surface area contributed by atoms with Crippen LogP contribution in [0.2, 0.25) is 0 Å². The SMILES string of the molecule is Cc1ccc([N+](=O)[O-])cc1N1CCC(C)C(CN)C1. The zero-order valence-corrected chi connectivity index (χ0v) is 11.5. The Morgan fingerprint density at radius 2 is 2.26 bits per heavy atom. The fourth-order valence-corrected chi connectivity index (χ4v) is 2.73. The molecule has 0 spiro atoms. The molecule has 0 radical (unpaired) electrons. The van der Waals surface area contributed by atoms with Gasteiger partial charge >= 0.3 is 0 Å². The van der Waals surface area contributed by atoms with Gasteiger partial charge in [0.25, 0.3) is 5.69 Å². The summed E-state index contributed by atoms with van der Waals surface area (Å²) in [4.78, 5) is 12.8. The van der Waals surface area contributed by atoms with Crippen molar-refractivity contribution in [3.63, 3.8) is 0 Å². The lowest BCUT2D eigenvalue weighted by Crippen LogP contribution is -2.43. The smallest absolute Gasteiger partial charge is 0.271 e. The molecule has 5 nitrogen and oxygen atoms in total.